The van der Waals surface area contributed by atoms with Crippen LogP contribution >= 0.6 is 0 Å². The van der Waals surface area contributed by atoms with Crippen molar-refractivity contribution < 1.29 is 14.4 Å². The number of nitrogens with zero attached hydrogens (tertiary/aromatic N) is 2. The van der Waals surface area contributed by atoms with Gasteiger partial charge in [0.2, 0.25) is 17.7 Å². The highest BCUT2D eigenvalue weighted by atomic mass is 16.2. The number of benzene rings is 1. The summed E-state index contributed by atoms with van der Waals surface area (Å²) < 4.78 is 0. The van der Waals surface area contributed by atoms with Gasteiger partial charge in [-0.15, -0.1) is 0 Å². The average molecular weight is 319 g/mol. The van der Waals surface area contributed by atoms with Crippen molar-refractivity contribution in [2.45, 2.75) is 26.8 Å². The molecule has 0 saturated carbocycles. The Hall–Kier alpha value is -2.37. The van der Waals surface area contributed by atoms with Gasteiger partial charge in [0, 0.05) is 40.0 Å². The minimum absolute atomic E-state index is 0.0462. The summed E-state index contributed by atoms with van der Waals surface area (Å²) in [7, 11) is 1.54. The van der Waals surface area contributed by atoms with Gasteiger partial charge in [-0.1, -0.05) is 30.3 Å². The van der Waals surface area contributed by atoms with Crippen molar-refractivity contribution in [1.82, 2.24) is 15.1 Å². The fraction of sp³-hybridized carbons (Fsp3) is 0.471. The Bertz CT molecular complexity index is 531. The summed E-state index contributed by atoms with van der Waals surface area (Å²) in [5, 5.41) is 2.50. The van der Waals surface area contributed by atoms with Crippen LogP contribution in [0.1, 0.15) is 25.8 Å². The summed E-state index contributed by atoms with van der Waals surface area (Å²) in [5.41, 5.74) is 1.02. The summed E-state index contributed by atoms with van der Waals surface area (Å²) >= 11 is 0. The molecule has 0 aliphatic carbocycles. The van der Waals surface area contributed by atoms with E-state index in [2.05, 4.69) is 5.32 Å². The van der Waals surface area contributed by atoms with Crippen molar-refractivity contribution in [3.8, 4) is 0 Å². The second-order valence-corrected chi connectivity index (χ2v) is 5.26. The molecule has 0 atom stereocenters. The van der Waals surface area contributed by atoms with Crippen LogP contribution in [-0.2, 0) is 20.9 Å². The van der Waals surface area contributed by atoms with E-state index in [-0.39, 0.29) is 30.7 Å². The Balaban J connectivity index is 2.58. The zero-order valence-electron chi connectivity index (χ0n) is 14.0. The topological polar surface area (TPSA) is 69.7 Å². The van der Waals surface area contributed by atoms with Crippen LogP contribution in [0.5, 0.6) is 0 Å². The maximum Gasteiger partial charge on any atom is 0.239 e. The number of rotatable bonds is 8. The van der Waals surface area contributed by atoms with E-state index in [9.17, 15) is 14.4 Å². The highest BCUT2D eigenvalue weighted by molar-refractivity contribution is 5.85. The Kier molecular flexibility index (Phi) is 7.80. The summed E-state index contributed by atoms with van der Waals surface area (Å²) in [4.78, 5) is 38.5. The molecule has 0 heterocycles. The molecule has 1 N–H and O–H groups in total. The molecule has 0 unspecified atom stereocenters. The Labute approximate surface area is 137 Å². The number of hydrogen-bond donors (Lipinski definition) is 1. The molecule has 23 heavy (non-hydrogen) atoms. The molecule has 0 fully saturated rings. The van der Waals surface area contributed by atoms with Gasteiger partial charge in [0.05, 0.1) is 6.54 Å². The minimum atomic E-state index is -0.201. The summed E-state index contributed by atoms with van der Waals surface area (Å²) in [6.45, 7) is 4.65. The van der Waals surface area contributed by atoms with Gasteiger partial charge in [-0.3, -0.25) is 14.4 Å². The average Bonchev–Trinajstić information content (AvgIpc) is 2.56. The second-order valence-electron chi connectivity index (χ2n) is 5.26. The lowest BCUT2D eigenvalue weighted by Gasteiger charge is -2.24. The van der Waals surface area contributed by atoms with Crippen LogP contribution in [0.15, 0.2) is 30.3 Å². The van der Waals surface area contributed by atoms with Crippen LogP contribution in [0.4, 0.5) is 0 Å². The smallest absolute Gasteiger partial charge is 0.239 e. The van der Waals surface area contributed by atoms with Crippen molar-refractivity contribution in [2.75, 3.05) is 26.7 Å². The quantitative estimate of drug-likeness (QED) is 0.778. The lowest BCUT2D eigenvalue weighted by atomic mass is 10.2. The molecule has 0 saturated heterocycles. The second kappa shape index (κ2) is 9.61. The van der Waals surface area contributed by atoms with Gasteiger partial charge in [-0.25, -0.2) is 0 Å². The molecule has 0 aliphatic heterocycles. The van der Waals surface area contributed by atoms with Crippen molar-refractivity contribution >= 4 is 17.7 Å². The zero-order chi connectivity index (χ0) is 17.2. The largest absolute Gasteiger partial charge is 0.358 e. The first-order valence-corrected chi connectivity index (χ1v) is 7.75. The number of carbonyl (C=O) groups is 3. The van der Waals surface area contributed by atoms with Crippen LogP contribution in [0.25, 0.3) is 0 Å². The molecule has 1 rings (SSSR count). The van der Waals surface area contributed by atoms with Gasteiger partial charge in [0.25, 0.3) is 0 Å². The molecule has 1 aromatic rings. The van der Waals surface area contributed by atoms with Gasteiger partial charge in [-0.2, -0.15) is 0 Å². The van der Waals surface area contributed by atoms with E-state index in [4.69, 9.17) is 0 Å². The molecule has 6 nitrogen and oxygen atoms in total. The normalized spacial score (nSPS) is 10.0. The van der Waals surface area contributed by atoms with E-state index in [1.54, 1.807) is 4.90 Å². The van der Waals surface area contributed by atoms with Crippen molar-refractivity contribution in [3.05, 3.63) is 35.9 Å². The number of hydrogen-bond acceptors (Lipinski definition) is 3. The van der Waals surface area contributed by atoms with E-state index in [1.807, 2.05) is 37.3 Å². The third-order valence-electron chi connectivity index (χ3n) is 3.60. The molecule has 0 aliphatic rings. The predicted molar refractivity (Wildman–Crippen MR) is 88.5 cm³/mol. The molecule has 3 amide bonds. The van der Waals surface area contributed by atoms with Gasteiger partial charge >= 0.3 is 0 Å². The molecule has 1 aromatic carbocycles. The van der Waals surface area contributed by atoms with Crippen LogP contribution in [0.2, 0.25) is 0 Å². The molecule has 126 valence electrons. The zero-order valence-corrected chi connectivity index (χ0v) is 14.0. The highest BCUT2D eigenvalue weighted by Gasteiger charge is 2.17. The van der Waals surface area contributed by atoms with Crippen LogP contribution < -0.4 is 5.32 Å². The molecular formula is C17H25N3O3. The van der Waals surface area contributed by atoms with Crippen LogP contribution in [0.3, 0.4) is 0 Å². The first kappa shape index (κ1) is 18.7. The standard InChI is InChI=1S/C17H25N3O3/c1-4-19(13-16(22)18-3)17(23)10-11-20(14(2)21)12-15-8-6-5-7-9-15/h5-9H,4,10-13H2,1-3H3,(H,18,22). The van der Waals surface area contributed by atoms with Crippen molar-refractivity contribution in [1.29, 1.82) is 0 Å². The lowest BCUT2D eigenvalue weighted by molar-refractivity contribution is -0.137. The number of likely N-dealkylation sites (N-methyl/N-ethyl adjacent to an activating group) is 2. The molecule has 0 bridgehead atoms. The van der Waals surface area contributed by atoms with Gasteiger partial charge in [0.1, 0.15) is 0 Å². The summed E-state index contributed by atoms with van der Waals surface area (Å²) in [6, 6.07) is 9.65. The van der Waals surface area contributed by atoms with E-state index >= 15 is 0 Å². The van der Waals surface area contributed by atoms with E-state index in [0.29, 0.717) is 19.6 Å². The van der Waals surface area contributed by atoms with Gasteiger partial charge in [-0.05, 0) is 12.5 Å². The molecule has 0 radical (unpaired) electrons. The minimum Gasteiger partial charge on any atom is -0.358 e. The monoisotopic (exact) mass is 319 g/mol. The van der Waals surface area contributed by atoms with E-state index < -0.39 is 0 Å². The Morgan fingerprint density at radius 3 is 2.26 bits per heavy atom. The first-order chi connectivity index (χ1) is 11.0. The van der Waals surface area contributed by atoms with E-state index in [0.717, 1.165) is 5.56 Å². The Morgan fingerprint density at radius 2 is 1.74 bits per heavy atom. The first-order valence-electron chi connectivity index (χ1n) is 7.75. The maximum atomic E-state index is 12.2. The third kappa shape index (κ3) is 6.50. The third-order valence-corrected chi connectivity index (χ3v) is 3.60. The van der Waals surface area contributed by atoms with Crippen LogP contribution in [-0.4, -0.2) is 54.2 Å². The summed E-state index contributed by atoms with van der Waals surface area (Å²) in [5.74, 6) is -0.403. The van der Waals surface area contributed by atoms with Crippen LogP contribution in [0, 0.1) is 0 Å². The summed E-state index contributed by atoms with van der Waals surface area (Å²) in [6.07, 6.45) is 0.206. The van der Waals surface area contributed by atoms with Gasteiger partial charge < -0.3 is 15.1 Å². The molecule has 6 heteroatoms. The lowest BCUT2D eigenvalue weighted by Crippen LogP contribution is -2.41. The molecule has 0 aromatic heterocycles. The molecule has 0 spiro atoms. The number of nitrogens with one attached hydrogen (secondary N) is 1. The fourth-order valence-corrected chi connectivity index (χ4v) is 2.17. The van der Waals surface area contributed by atoms with Crippen molar-refractivity contribution in [2.24, 2.45) is 0 Å². The number of carbonyl (C=O) groups excluding carboxylic acids is 3. The SMILES string of the molecule is CCN(CC(=O)NC)C(=O)CCN(Cc1ccccc1)C(C)=O. The Morgan fingerprint density at radius 1 is 1.09 bits per heavy atom. The van der Waals surface area contributed by atoms with Gasteiger partial charge in [0.15, 0.2) is 0 Å². The highest BCUT2D eigenvalue weighted by Crippen LogP contribution is 2.06. The fourth-order valence-electron chi connectivity index (χ4n) is 2.17. The maximum absolute atomic E-state index is 12.2. The van der Waals surface area contributed by atoms with E-state index in [1.165, 1.54) is 18.9 Å². The predicted octanol–water partition coefficient (Wildman–Crippen LogP) is 1.02. The van der Waals surface area contributed by atoms with Crippen molar-refractivity contribution in [3.63, 3.8) is 0 Å². The number of amides is 3. The molecular weight excluding hydrogens is 294 g/mol.